The van der Waals surface area contributed by atoms with Gasteiger partial charge in [-0.3, -0.25) is 4.79 Å². The Labute approximate surface area is 114 Å². The normalized spacial score (nSPS) is 22.6. The predicted octanol–water partition coefficient (Wildman–Crippen LogP) is 1.83. The van der Waals surface area contributed by atoms with Crippen LogP contribution < -0.4 is 0 Å². The van der Waals surface area contributed by atoms with Crippen LogP contribution in [0.4, 0.5) is 4.79 Å². The molecule has 0 aromatic heterocycles. The molecule has 5 nitrogen and oxygen atoms in total. The molecule has 19 heavy (non-hydrogen) atoms. The molecule has 0 radical (unpaired) electrons. The largest absolute Gasteiger partial charge is 0.444 e. The molecule has 5 heteroatoms. The number of aliphatic hydroxyl groups excluding tert-OH is 1. The van der Waals surface area contributed by atoms with Crippen LogP contribution in [0, 0.1) is 11.8 Å². The first-order valence-corrected chi connectivity index (χ1v) is 6.80. The van der Waals surface area contributed by atoms with Crippen LogP contribution in [0.25, 0.3) is 0 Å². The molecule has 1 rings (SSSR count). The molecule has 110 valence electrons. The Morgan fingerprint density at radius 2 is 2.00 bits per heavy atom. The Morgan fingerprint density at radius 3 is 2.47 bits per heavy atom. The highest BCUT2D eigenvalue weighted by Crippen LogP contribution is 2.22. The molecule has 0 aliphatic carbocycles. The number of carbonyl (C=O) groups is 2. The van der Waals surface area contributed by atoms with Crippen molar-refractivity contribution in [3.63, 3.8) is 0 Å². The zero-order valence-electron chi connectivity index (χ0n) is 12.5. The van der Waals surface area contributed by atoms with Crippen LogP contribution in [0.15, 0.2) is 0 Å². The quantitative estimate of drug-likeness (QED) is 0.832. The van der Waals surface area contributed by atoms with E-state index in [1.54, 1.807) is 20.8 Å². The highest BCUT2D eigenvalue weighted by molar-refractivity contribution is 5.84. The summed E-state index contributed by atoms with van der Waals surface area (Å²) in [6.07, 6.45) is -0.841. The van der Waals surface area contributed by atoms with E-state index < -0.39 is 23.7 Å². The average Bonchev–Trinajstić information content (AvgIpc) is 2.26. The molecule has 0 bridgehead atoms. The minimum absolute atomic E-state index is 0.00691. The third-order valence-corrected chi connectivity index (χ3v) is 3.21. The van der Waals surface area contributed by atoms with E-state index in [2.05, 4.69) is 0 Å². The van der Waals surface area contributed by atoms with Crippen molar-refractivity contribution >= 4 is 11.9 Å². The van der Waals surface area contributed by atoms with Gasteiger partial charge in [-0.2, -0.15) is 0 Å². The zero-order valence-corrected chi connectivity index (χ0v) is 12.5. The van der Waals surface area contributed by atoms with E-state index in [0.717, 1.165) is 0 Å². The van der Waals surface area contributed by atoms with Crippen LogP contribution in [0.1, 0.15) is 41.0 Å². The predicted molar refractivity (Wildman–Crippen MR) is 71.8 cm³/mol. The fourth-order valence-electron chi connectivity index (χ4n) is 2.12. The number of ether oxygens (including phenoxy) is 1. The number of likely N-dealkylation sites (tertiary alicyclic amines) is 1. The molecule has 1 aliphatic heterocycles. The van der Waals surface area contributed by atoms with Gasteiger partial charge in [0.15, 0.2) is 0 Å². The van der Waals surface area contributed by atoms with Gasteiger partial charge in [-0.15, -0.1) is 0 Å². The lowest BCUT2D eigenvalue weighted by atomic mass is 9.86. The van der Waals surface area contributed by atoms with E-state index in [1.807, 2.05) is 13.8 Å². The standard InChI is InChI=1S/C14H25NO4/c1-9(2)12(17)10-8-15(7-6-11(10)16)13(18)19-14(3,4)5/h9-10,12,17H,6-8H2,1-5H3/t10-,12+/m0/s1. The van der Waals surface area contributed by atoms with Crippen LogP contribution in [0.5, 0.6) is 0 Å². The zero-order chi connectivity index (χ0) is 14.8. The second-order valence-corrected chi connectivity index (χ2v) is 6.48. The fourth-order valence-corrected chi connectivity index (χ4v) is 2.12. The smallest absolute Gasteiger partial charge is 0.410 e. The van der Waals surface area contributed by atoms with Gasteiger partial charge in [0.2, 0.25) is 0 Å². The minimum atomic E-state index is -0.710. The van der Waals surface area contributed by atoms with Crippen LogP contribution in [-0.4, -0.2) is 46.7 Å². The molecule has 0 spiro atoms. The highest BCUT2D eigenvalue weighted by Gasteiger charge is 2.37. The summed E-state index contributed by atoms with van der Waals surface area (Å²) < 4.78 is 5.30. The Hall–Kier alpha value is -1.10. The van der Waals surface area contributed by atoms with Crippen molar-refractivity contribution < 1.29 is 19.4 Å². The number of Topliss-reactive ketones (excluding diaryl/α,β-unsaturated/α-hetero) is 1. The molecule has 1 N–H and O–H groups in total. The van der Waals surface area contributed by atoms with E-state index in [4.69, 9.17) is 4.74 Å². The van der Waals surface area contributed by atoms with Crippen LogP contribution in [-0.2, 0) is 9.53 Å². The first-order valence-electron chi connectivity index (χ1n) is 6.80. The molecule has 0 aromatic carbocycles. The van der Waals surface area contributed by atoms with Gasteiger partial charge in [0.25, 0.3) is 0 Å². The second-order valence-electron chi connectivity index (χ2n) is 6.48. The summed E-state index contributed by atoms with van der Waals surface area (Å²) >= 11 is 0. The van der Waals surface area contributed by atoms with Crippen molar-refractivity contribution in [3.8, 4) is 0 Å². The number of hydrogen-bond donors (Lipinski definition) is 1. The Kier molecular flexibility index (Phi) is 4.96. The molecule has 0 unspecified atom stereocenters. The van der Waals surface area contributed by atoms with Gasteiger partial charge < -0.3 is 14.7 Å². The first-order chi connectivity index (χ1) is 8.61. The Morgan fingerprint density at radius 1 is 1.42 bits per heavy atom. The van der Waals surface area contributed by atoms with Gasteiger partial charge >= 0.3 is 6.09 Å². The second kappa shape index (κ2) is 5.90. The van der Waals surface area contributed by atoms with E-state index >= 15 is 0 Å². The van der Waals surface area contributed by atoms with Crippen LogP contribution in [0.3, 0.4) is 0 Å². The number of rotatable bonds is 2. The third kappa shape index (κ3) is 4.49. The van der Waals surface area contributed by atoms with Gasteiger partial charge in [0.05, 0.1) is 12.0 Å². The van der Waals surface area contributed by atoms with Gasteiger partial charge in [0, 0.05) is 19.5 Å². The summed E-state index contributed by atoms with van der Waals surface area (Å²) in [6.45, 7) is 9.76. The third-order valence-electron chi connectivity index (χ3n) is 3.21. The highest BCUT2D eigenvalue weighted by atomic mass is 16.6. The average molecular weight is 271 g/mol. The lowest BCUT2D eigenvalue weighted by Gasteiger charge is -2.36. The molecule has 1 aliphatic rings. The van der Waals surface area contributed by atoms with Gasteiger partial charge in [-0.05, 0) is 26.7 Å². The van der Waals surface area contributed by atoms with Crippen molar-refractivity contribution in [2.24, 2.45) is 11.8 Å². The van der Waals surface area contributed by atoms with E-state index in [-0.39, 0.29) is 24.7 Å². The lowest BCUT2D eigenvalue weighted by Crippen LogP contribution is -2.50. The Balaban J connectivity index is 2.69. The molecule has 1 amide bonds. The maximum atomic E-state index is 12.0. The summed E-state index contributed by atoms with van der Waals surface area (Å²) in [6, 6.07) is 0. The molecule has 1 saturated heterocycles. The Bertz CT molecular complexity index is 346. The van der Waals surface area contributed by atoms with Crippen molar-refractivity contribution in [3.05, 3.63) is 0 Å². The maximum absolute atomic E-state index is 12.0. The summed E-state index contributed by atoms with van der Waals surface area (Å²) in [5.41, 5.74) is -0.551. The fraction of sp³-hybridized carbons (Fsp3) is 0.857. The van der Waals surface area contributed by atoms with Gasteiger partial charge in [-0.1, -0.05) is 13.8 Å². The van der Waals surface area contributed by atoms with Crippen LogP contribution in [0.2, 0.25) is 0 Å². The number of amides is 1. The number of nitrogens with zero attached hydrogens (tertiary/aromatic N) is 1. The van der Waals surface area contributed by atoms with E-state index in [1.165, 1.54) is 4.90 Å². The summed E-state index contributed by atoms with van der Waals surface area (Å²) in [5.74, 6) is -0.477. The first kappa shape index (κ1) is 16.0. The maximum Gasteiger partial charge on any atom is 0.410 e. The summed E-state index contributed by atoms with van der Waals surface area (Å²) in [5, 5.41) is 10.1. The molecular formula is C14H25NO4. The van der Waals surface area contributed by atoms with Gasteiger partial charge in [0.1, 0.15) is 11.4 Å². The minimum Gasteiger partial charge on any atom is -0.444 e. The SMILES string of the molecule is CC(C)[C@@H](O)[C@H]1CN(C(=O)OC(C)(C)C)CCC1=O. The number of ketones is 1. The molecule has 0 saturated carbocycles. The van der Waals surface area contributed by atoms with Crippen molar-refractivity contribution in [2.45, 2.75) is 52.7 Å². The summed E-state index contributed by atoms with van der Waals surface area (Å²) in [4.78, 5) is 25.3. The van der Waals surface area contributed by atoms with Crippen molar-refractivity contribution in [1.82, 2.24) is 4.90 Å². The number of aliphatic hydroxyl groups is 1. The van der Waals surface area contributed by atoms with Crippen LogP contribution >= 0.6 is 0 Å². The number of hydrogen-bond acceptors (Lipinski definition) is 4. The summed E-state index contributed by atoms with van der Waals surface area (Å²) in [7, 11) is 0. The topological polar surface area (TPSA) is 66.8 Å². The number of piperidine rings is 1. The molecular weight excluding hydrogens is 246 g/mol. The van der Waals surface area contributed by atoms with E-state index in [9.17, 15) is 14.7 Å². The molecule has 2 atom stereocenters. The van der Waals surface area contributed by atoms with Crippen molar-refractivity contribution in [2.75, 3.05) is 13.1 Å². The molecule has 1 fully saturated rings. The van der Waals surface area contributed by atoms with E-state index in [0.29, 0.717) is 6.54 Å². The number of carbonyl (C=O) groups excluding carboxylic acids is 2. The van der Waals surface area contributed by atoms with Gasteiger partial charge in [-0.25, -0.2) is 4.79 Å². The molecule has 1 heterocycles. The monoisotopic (exact) mass is 271 g/mol. The van der Waals surface area contributed by atoms with Crippen molar-refractivity contribution in [1.29, 1.82) is 0 Å². The lowest BCUT2D eigenvalue weighted by molar-refractivity contribution is -0.131. The molecule has 0 aromatic rings.